The molecular formula is C17H18F3N3O. The second-order valence-corrected chi connectivity index (χ2v) is 6.74. The Morgan fingerprint density at radius 1 is 1.21 bits per heavy atom. The Labute approximate surface area is 136 Å². The van der Waals surface area contributed by atoms with Crippen LogP contribution in [0, 0.1) is 0 Å². The first-order valence-corrected chi connectivity index (χ1v) is 8.18. The van der Waals surface area contributed by atoms with Crippen LogP contribution in [0.1, 0.15) is 36.6 Å². The highest BCUT2D eigenvalue weighted by Crippen LogP contribution is 2.37. The Hall–Kier alpha value is -1.89. The molecule has 1 aromatic carbocycles. The Morgan fingerprint density at radius 3 is 2.75 bits per heavy atom. The van der Waals surface area contributed by atoms with Crippen molar-refractivity contribution in [3.8, 4) is 0 Å². The first kappa shape index (κ1) is 15.6. The molecule has 1 aromatic heterocycles. The fourth-order valence-corrected chi connectivity index (χ4v) is 4.12. The van der Waals surface area contributed by atoms with Crippen LogP contribution in [0.2, 0.25) is 0 Å². The van der Waals surface area contributed by atoms with E-state index in [9.17, 15) is 18.0 Å². The van der Waals surface area contributed by atoms with Crippen LogP contribution in [0.5, 0.6) is 0 Å². The quantitative estimate of drug-likeness (QED) is 0.742. The second-order valence-electron chi connectivity index (χ2n) is 6.74. The molecule has 24 heavy (non-hydrogen) atoms. The molecule has 0 saturated carbocycles. The maximum Gasteiger partial charge on any atom is 0.416 e. The van der Waals surface area contributed by atoms with Gasteiger partial charge in [-0.2, -0.15) is 13.2 Å². The third kappa shape index (κ3) is 2.33. The summed E-state index contributed by atoms with van der Waals surface area (Å²) >= 11 is 0. The van der Waals surface area contributed by atoms with E-state index in [1.807, 2.05) is 0 Å². The Morgan fingerprint density at radius 2 is 2.00 bits per heavy atom. The maximum atomic E-state index is 12.9. The summed E-state index contributed by atoms with van der Waals surface area (Å²) in [6.45, 7) is 1.55. The highest BCUT2D eigenvalue weighted by Gasteiger charge is 2.37. The number of hydrogen-bond donors (Lipinski definition) is 0. The summed E-state index contributed by atoms with van der Waals surface area (Å²) < 4.78 is 40.3. The van der Waals surface area contributed by atoms with Crippen molar-refractivity contribution in [2.24, 2.45) is 0 Å². The molecule has 2 aliphatic rings. The van der Waals surface area contributed by atoms with E-state index in [0.717, 1.165) is 43.8 Å². The summed E-state index contributed by atoms with van der Waals surface area (Å²) in [5, 5.41) is 0.0520. The molecule has 0 bridgehead atoms. The van der Waals surface area contributed by atoms with Crippen LogP contribution in [0.3, 0.4) is 0 Å². The molecule has 0 unspecified atom stereocenters. The highest BCUT2D eigenvalue weighted by atomic mass is 19.4. The van der Waals surface area contributed by atoms with Crippen molar-refractivity contribution < 1.29 is 13.2 Å². The number of rotatable bonds is 0. The predicted octanol–water partition coefficient (Wildman–Crippen LogP) is 3.00. The Balaban J connectivity index is 1.89. The van der Waals surface area contributed by atoms with Gasteiger partial charge < -0.3 is 4.90 Å². The van der Waals surface area contributed by atoms with Crippen molar-refractivity contribution in [1.82, 2.24) is 14.5 Å². The standard InChI is InChI=1S/C17H18F3N3O/c1-22-7-2-3-11-14(22)6-8-23-15(11)21-13-5-4-10(17(18,19)20)9-12(13)16(23)24/h4-5,9,11,14H,2-3,6-8H2,1H3/t11-,14-/m1/s1. The van der Waals surface area contributed by atoms with Gasteiger partial charge in [0.05, 0.1) is 16.5 Å². The third-order valence-electron chi connectivity index (χ3n) is 5.35. The maximum absolute atomic E-state index is 12.9. The summed E-state index contributed by atoms with van der Waals surface area (Å²) in [5.41, 5.74) is -0.804. The van der Waals surface area contributed by atoms with Gasteiger partial charge in [0.25, 0.3) is 5.56 Å². The van der Waals surface area contributed by atoms with Gasteiger partial charge >= 0.3 is 6.18 Å². The molecule has 4 rings (SSSR count). The number of piperidine rings is 1. The molecule has 0 radical (unpaired) electrons. The topological polar surface area (TPSA) is 38.1 Å². The molecule has 0 N–H and O–H groups in total. The average Bonchev–Trinajstić information content (AvgIpc) is 2.54. The summed E-state index contributed by atoms with van der Waals surface area (Å²) in [7, 11) is 2.08. The van der Waals surface area contributed by atoms with Crippen LogP contribution in [0.4, 0.5) is 13.2 Å². The summed E-state index contributed by atoms with van der Waals surface area (Å²) in [6, 6.07) is 3.60. The van der Waals surface area contributed by atoms with Crippen molar-refractivity contribution in [3.63, 3.8) is 0 Å². The van der Waals surface area contributed by atoms with Crippen molar-refractivity contribution in [2.75, 3.05) is 13.6 Å². The highest BCUT2D eigenvalue weighted by molar-refractivity contribution is 5.78. The lowest BCUT2D eigenvalue weighted by Gasteiger charge is -2.42. The minimum absolute atomic E-state index is 0.0520. The number of alkyl halides is 3. The lowest BCUT2D eigenvalue weighted by Crippen LogP contribution is -2.47. The molecule has 0 aliphatic carbocycles. The van der Waals surface area contributed by atoms with Gasteiger partial charge in [-0.05, 0) is 51.1 Å². The molecule has 4 nitrogen and oxygen atoms in total. The Bertz CT molecular complexity index is 859. The fourth-order valence-electron chi connectivity index (χ4n) is 4.12. The monoisotopic (exact) mass is 337 g/mol. The molecule has 0 spiro atoms. The third-order valence-corrected chi connectivity index (χ3v) is 5.35. The molecule has 2 atom stereocenters. The number of nitrogens with zero attached hydrogens (tertiary/aromatic N) is 3. The summed E-state index contributed by atoms with van der Waals surface area (Å²) in [6.07, 6.45) is -1.62. The van der Waals surface area contributed by atoms with E-state index >= 15 is 0 Å². The molecule has 1 saturated heterocycles. The minimum atomic E-state index is -4.46. The van der Waals surface area contributed by atoms with Crippen LogP contribution in [-0.4, -0.2) is 34.1 Å². The van der Waals surface area contributed by atoms with Crippen molar-refractivity contribution in [2.45, 2.75) is 43.9 Å². The van der Waals surface area contributed by atoms with Crippen LogP contribution in [-0.2, 0) is 12.7 Å². The van der Waals surface area contributed by atoms with E-state index in [-0.39, 0.29) is 16.9 Å². The van der Waals surface area contributed by atoms with Gasteiger partial charge in [-0.3, -0.25) is 9.36 Å². The van der Waals surface area contributed by atoms with E-state index in [2.05, 4.69) is 16.9 Å². The lowest BCUT2D eigenvalue weighted by atomic mass is 9.84. The van der Waals surface area contributed by atoms with Crippen molar-refractivity contribution in [1.29, 1.82) is 0 Å². The van der Waals surface area contributed by atoms with Crippen LogP contribution >= 0.6 is 0 Å². The predicted molar refractivity (Wildman–Crippen MR) is 84.0 cm³/mol. The number of benzene rings is 1. The second kappa shape index (κ2) is 5.31. The molecule has 0 amide bonds. The minimum Gasteiger partial charge on any atom is -0.303 e. The van der Waals surface area contributed by atoms with E-state index < -0.39 is 11.7 Å². The zero-order valence-corrected chi connectivity index (χ0v) is 13.3. The molecule has 7 heteroatoms. The summed E-state index contributed by atoms with van der Waals surface area (Å²) in [5.74, 6) is 0.909. The lowest BCUT2D eigenvalue weighted by molar-refractivity contribution is -0.137. The van der Waals surface area contributed by atoms with Crippen LogP contribution in [0.15, 0.2) is 23.0 Å². The number of fused-ring (bicyclic) bond motifs is 4. The zero-order valence-electron chi connectivity index (χ0n) is 13.3. The number of aromatic nitrogens is 2. The first-order chi connectivity index (χ1) is 11.4. The van der Waals surface area contributed by atoms with Crippen LogP contribution < -0.4 is 5.56 Å². The number of likely N-dealkylation sites (tertiary alicyclic amines) is 1. The number of halogens is 3. The van der Waals surface area contributed by atoms with Gasteiger partial charge in [-0.1, -0.05) is 0 Å². The van der Waals surface area contributed by atoms with Gasteiger partial charge in [0.2, 0.25) is 0 Å². The van der Waals surface area contributed by atoms with Gasteiger partial charge in [0, 0.05) is 18.5 Å². The zero-order chi connectivity index (χ0) is 17.1. The largest absolute Gasteiger partial charge is 0.416 e. The Kier molecular flexibility index (Phi) is 3.46. The molecule has 2 aliphatic heterocycles. The van der Waals surface area contributed by atoms with E-state index in [1.54, 1.807) is 4.57 Å². The van der Waals surface area contributed by atoms with Crippen LogP contribution in [0.25, 0.3) is 10.9 Å². The summed E-state index contributed by atoms with van der Waals surface area (Å²) in [4.78, 5) is 19.6. The molecule has 1 fully saturated rings. The number of hydrogen-bond acceptors (Lipinski definition) is 3. The van der Waals surface area contributed by atoms with Gasteiger partial charge in [0.15, 0.2) is 0 Å². The van der Waals surface area contributed by atoms with E-state index in [4.69, 9.17) is 0 Å². The molecule has 128 valence electrons. The van der Waals surface area contributed by atoms with Gasteiger partial charge in [-0.25, -0.2) is 4.98 Å². The average molecular weight is 337 g/mol. The van der Waals surface area contributed by atoms with E-state index in [0.29, 0.717) is 18.1 Å². The smallest absolute Gasteiger partial charge is 0.303 e. The fraction of sp³-hybridized carbons (Fsp3) is 0.529. The molecule has 2 aromatic rings. The van der Waals surface area contributed by atoms with Crippen molar-refractivity contribution >= 4 is 10.9 Å². The molecular weight excluding hydrogens is 319 g/mol. The van der Waals surface area contributed by atoms with Gasteiger partial charge in [-0.15, -0.1) is 0 Å². The first-order valence-electron chi connectivity index (χ1n) is 8.18. The van der Waals surface area contributed by atoms with E-state index in [1.165, 1.54) is 6.07 Å². The normalized spacial score (nSPS) is 24.7. The van der Waals surface area contributed by atoms with Gasteiger partial charge in [0.1, 0.15) is 5.82 Å². The SMILES string of the molecule is CN1CCC[C@H]2c3nc4ccc(C(F)(F)F)cc4c(=O)n3CC[C@H]21. The molecule has 3 heterocycles. The van der Waals surface area contributed by atoms with Crippen molar-refractivity contribution in [3.05, 3.63) is 39.9 Å². The number of likely N-dealkylation sites (N-methyl/N-ethyl adjacent to an activating group) is 1.